The molecular formula is C16H19FN2O. The molecule has 0 aliphatic heterocycles. The van der Waals surface area contributed by atoms with Gasteiger partial charge in [-0.1, -0.05) is 6.42 Å². The lowest BCUT2D eigenvalue weighted by atomic mass is 9.79. The van der Waals surface area contributed by atoms with Gasteiger partial charge >= 0.3 is 0 Å². The summed E-state index contributed by atoms with van der Waals surface area (Å²) in [6, 6.07) is 3.08. The van der Waals surface area contributed by atoms with Crippen LogP contribution in [0.4, 0.5) is 4.39 Å². The third-order valence-corrected chi connectivity index (χ3v) is 5.73. The molecule has 0 radical (unpaired) electrons. The number of amides is 1. The lowest BCUT2D eigenvalue weighted by Gasteiger charge is -2.32. The van der Waals surface area contributed by atoms with Gasteiger partial charge in [0.1, 0.15) is 0 Å². The van der Waals surface area contributed by atoms with Gasteiger partial charge in [0.15, 0.2) is 0 Å². The lowest BCUT2D eigenvalue weighted by Crippen LogP contribution is -2.42. The van der Waals surface area contributed by atoms with Crippen molar-refractivity contribution in [1.29, 1.82) is 0 Å². The van der Waals surface area contributed by atoms with E-state index in [1.54, 1.807) is 6.07 Å². The van der Waals surface area contributed by atoms with E-state index in [-0.39, 0.29) is 5.91 Å². The Morgan fingerprint density at radius 3 is 2.95 bits per heavy atom. The van der Waals surface area contributed by atoms with Crippen LogP contribution in [0.25, 0.3) is 0 Å². The van der Waals surface area contributed by atoms with Gasteiger partial charge in [-0.2, -0.15) is 4.39 Å². The lowest BCUT2D eigenvalue weighted by molar-refractivity contribution is 0.0900. The van der Waals surface area contributed by atoms with Gasteiger partial charge in [0, 0.05) is 23.9 Å². The van der Waals surface area contributed by atoms with E-state index in [0.717, 1.165) is 24.2 Å². The van der Waals surface area contributed by atoms with E-state index in [2.05, 4.69) is 10.3 Å². The van der Waals surface area contributed by atoms with Crippen LogP contribution in [-0.2, 0) is 0 Å². The van der Waals surface area contributed by atoms with Crippen LogP contribution in [0.15, 0.2) is 18.3 Å². The molecule has 3 saturated carbocycles. The first-order valence-electron chi connectivity index (χ1n) is 7.65. The molecule has 3 fully saturated rings. The summed E-state index contributed by atoms with van der Waals surface area (Å²) in [5, 5.41) is 3.13. The normalized spacial score (nSPS) is 38.0. The molecule has 2 bridgehead atoms. The Morgan fingerprint density at radius 2 is 2.10 bits per heavy atom. The smallest absolute Gasteiger partial charge is 0.251 e. The largest absolute Gasteiger partial charge is 0.349 e. The maximum absolute atomic E-state index is 13.1. The predicted octanol–water partition coefficient (Wildman–Crippen LogP) is 2.78. The number of halogens is 1. The molecule has 3 nitrogen and oxygen atoms in total. The van der Waals surface area contributed by atoms with Crippen LogP contribution in [0.5, 0.6) is 0 Å². The van der Waals surface area contributed by atoms with Gasteiger partial charge in [0.25, 0.3) is 5.91 Å². The number of hydrogen-bond acceptors (Lipinski definition) is 2. The van der Waals surface area contributed by atoms with Crippen LogP contribution >= 0.6 is 0 Å². The molecule has 4 heteroatoms. The number of pyridine rings is 1. The first kappa shape index (κ1) is 12.3. The third-order valence-electron chi connectivity index (χ3n) is 5.73. The molecule has 1 N–H and O–H groups in total. The molecular weight excluding hydrogens is 255 g/mol. The molecule has 0 saturated heterocycles. The van der Waals surface area contributed by atoms with Crippen LogP contribution in [-0.4, -0.2) is 16.9 Å². The number of aromatic nitrogens is 1. The van der Waals surface area contributed by atoms with Crippen LogP contribution in [0.3, 0.4) is 0 Å². The Labute approximate surface area is 118 Å². The highest BCUT2D eigenvalue weighted by Gasteiger charge is 2.54. The van der Waals surface area contributed by atoms with Crippen molar-refractivity contribution in [3.63, 3.8) is 0 Å². The molecule has 1 aromatic rings. The summed E-state index contributed by atoms with van der Waals surface area (Å²) in [6.07, 6.45) is 7.83. The van der Waals surface area contributed by atoms with E-state index in [4.69, 9.17) is 0 Å². The molecule has 0 spiro atoms. The van der Waals surface area contributed by atoms with E-state index in [1.165, 1.54) is 37.9 Å². The fourth-order valence-corrected chi connectivity index (χ4v) is 5.03. The van der Waals surface area contributed by atoms with Gasteiger partial charge in [0.05, 0.1) is 0 Å². The van der Waals surface area contributed by atoms with E-state index < -0.39 is 5.95 Å². The van der Waals surface area contributed by atoms with Crippen molar-refractivity contribution < 1.29 is 9.18 Å². The van der Waals surface area contributed by atoms with Crippen LogP contribution < -0.4 is 5.32 Å². The Morgan fingerprint density at radius 1 is 1.25 bits per heavy atom. The first-order valence-corrected chi connectivity index (χ1v) is 7.65. The van der Waals surface area contributed by atoms with E-state index in [0.29, 0.717) is 17.5 Å². The summed E-state index contributed by atoms with van der Waals surface area (Å²) in [5.74, 6) is 2.47. The molecule has 0 unspecified atom stereocenters. The summed E-state index contributed by atoms with van der Waals surface area (Å²) in [6.45, 7) is 0. The Hall–Kier alpha value is -1.45. The maximum atomic E-state index is 13.1. The minimum atomic E-state index is -0.596. The number of carbonyl (C=O) groups excluding carboxylic acids is 1. The fourth-order valence-electron chi connectivity index (χ4n) is 5.03. The second-order valence-electron chi connectivity index (χ2n) is 6.60. The van der Waals surface area contributed by atoms with Crippen molar-refractivity contribution in [3.8, 4) is 0 Å². The summed E-state index contributed by atoms with van der Waals surface area (Å²) in [5.41, 5.74) is 0.378. The zero-order valence-corrected chi connectivity index (χ0v) is 11.4. The van der Waals surface area contributed by atoms with Gasteiger partial charge < -0.3 is 5.32 Å². The summed E-state index contributed by atoms with van der Waals surface area (Å²) in [4.78, 5) is 15.7. The summed E-state index contributed by atoms with van der Waals surface area (Å²) >= 11 is 0. The Kier molecular flexibility index (Phi) is 2.79. The van der Waals surface area contributed by atoms with Crippen molar-refractivity contribution in [3.05, 3.63) is 29.8 Å². The number of nitrogens with zero attached hydrogens (tertiary/aromatic N) is 1. The molecule has 1 aromatic heterocycles. The molecule has 106 valence electrons. The van der Waals surface area contributed by atoms with Gasteiger partial charge in [-0.3, -0.25) is 4.79 Å². The quantitative estimate of drug-likeness (QED) is 0.843. The zero-order chi connectivity index (χ0) is 13.7. The fraction of sp³-hybridized carbons (Fsp3) is 0.625. The van der Waals surface area contributed by atoms with Gasteiger partial charge in [-0.25, -0.2) is 4.98 Å². The minimum Gasteiger partial charge on any atom is -0.349 e. The highest BCUT2D eigenvalue weighted by molar-refractivity contribution is 5.94. The number of carbonyl (C=O) groups is 1. The van der Waals surface area contributed by atoms with Crippen molar-refractivity contribution >= 4 is 5.91 Å². The maximum Gasteiger partial charge on any atom is 0.251 e. The molecule has 1 amide bonds. The van der Waals surface area contributed by atoms with Gasteiger partial charge in [-0.15, -0.1) is 0 Å². The van der Waals surface area contributed by atoms with E-state index in [9.17, 15) is 9.18 Å². The Bertz CT molecular complexity index is 547. The Balaban J connectivity index is 1.47. The molecule has 3 aliphatic rings. The second-order valence-corrected chi connectivity index (χ2v) is 6.60. The molecule has 5 atom stereocenters. The predicted molar refractivity (Wildman–Crippen MR) is 72.5 cm³/mol. The summed E-state index contributed by atoms with van der Waals surface area (Å²) < 4.78 is 13.1. The first-order chi connectivity index (χ1) is 9.72. The SMILES string of the molecule is O=C(N[C@@H]1C[C@H]2C[C@@H]1[C@@H]1CCC[C@@H]21)c1ccnc(F)c1. The molecule has 4 rings (SSSR count). The van der Waals surface area contributed by atoms with Crippen LogP contribution in [0.1, 0.15) is 42.5 Å². The average Bonchev–Trinajstić information content (AvgIpc) is 3.10. The highest BCUT2D eigenvalue weighted by Crippen LogP contribution is 2.58. The zero-order valence-electron chi connectivity index (χ0n) is 11.4. The van der Waals surface area contributed by atoms with Crippen LogP contribution in [0, 0.1) is 29.6 Å². The third kappa shape index (κ3) is 1.85. The molecule has 0 aromatic carbocycles. The van der Waals surface area contributed by atoms with Crippen molar-refractivity contribution in [1.82, 2.24) is 10.3 Å². The average molecular weight is 274 g/mol. The van der Waals surface area contributed by atoms with Crippen molar-refractivity contribution in [2.24, 2.45) is 23.7 Å². The standard InChI is InChI=1S/C16H19FN2O/c17-15-8-9(4-5-18-15)16(20)19-14-7-10-6-13(14)12-3-1-2-11(10)12/h4-5,8,10-14H,1-3,6-7H2,(H,19,20)/t10-,11+,12-,13-,14-/m1/s1. The van der Waals surface area contributed by atoms with Gasteiger partial charge in [0.2, 0.25) is 5.95 Å². The molecule has 20 heavy (non-hydrogen) atoms. The van der Waals surface area contributed by atoms with Crippen molar-refractivity contribution in [2.45, 2.75) is 38.1 Å². The number of rotatable bonds is 2. The number of hydrogen-bond donors (Lipinski definition) is 1. The van der Waals surface area contributed by atoms with E-state index >= 15 is 0 Å². The monoisotopic (exact) mass is 274 g/mol. The van der Waals surface area contributed by atoms with Crippen molar-refractivity contribution in [2.75, 3.05) is 0 Å². The van der Waals surface area contributed by atoms with Crippen LogP contribution in [0.2, 0.25) is 0 Å². The number of fused-ring (bicyclic) bond motifs is 5. The highest BCUT2D eigenvalue weighted by atomic mass is 19.1. The topological polar surface area (TPSA) is 42.0 Å². The van der Waals surface area contributed by atoms with Gasteiger partial charge in [-0.05, 0) is 55.4 Å². The molecule has 1 heterocycles. The summed E-state index contributed by atoms with van der Waals surface area (Å²) in [7, 11) is 0. The molecule has 3 aliphatic carbocycles. The second kappa shape index (κ2) is 4.54. The van der Waals surface area contributed by atoms with E-state index in [1.807, 2.05) is 0 Å². The minimum absolute atomic E-state index is 0.154. The number of nitrogens with one attached hydrogen (secondary N) is 1.